The van der Waals surface area contributed by atoms with Crippen LogP contribution in [0.2, 0.25) is 0 Å². The predicted octanol–water partition coefficient (Wildman–Crippen LogP) is 6.09. The van der Waals surface area contributed by atoms with Gasteiger partial charge in [-0.05, 0) is 54.3 Å². The number of unbranched alkanes of at least 4 members (excludes halogenated alkanes) is 1. The summed E-state index contributed by atoms with van der Waals surface area (Å²) in [5.74, 6) is -0.0402. The van der Waals surface area contributed by atoms with E-state index < -0.39 is 15.7 Å². The normalized spacial score (nSPS) is 11.8. The number of aromatic nitrogens is 6. The Morgan fingerprint density at radius 2 is 1.86 bits per heavy atom. The number of imidazole rings is 1. The summed E-state index contributed by atoms with van der Waals surface area (Å²) >= 11 is 0. The van der Waals surface area contributed by atoms with Gasteiger partial charge in [-0.1, -0.05) is 31.5 Å². The predicted molar refractivity (Wildman–Crippen MR) is 169 cm³/mol. The minimum Gasteiger partial charge on any atom is -0.337 e. The molecule has 6 aromatic rings. The maximum absolute atomic E-state index is 14.6. The number of carbonyl (C=O) groups excluding carboxylic acids is 1. The number of aryl methyl sites for hydroxylation is 1. The molecule has 10 nitrogen and oxygen atoms in total. The number of nitrogens with one attached hydrogen (secondary N) is 3. The molecular formula is C32H30FN7O3S. The maximum Gasteiger partial charge on any atom is 0.224 e. The lowest BCUT2D eigenvalue weighted by Crippen LogP contribution is -2.11. The highest BCUT2D eigenvalue weighted by Gasteiger charge is 2.17. The van der Waals surface area contributed by atoms with Gasteiger partial charge in [0.2, 0.25) is 5.91 Å². The van der Waals surface area contributed by atoms with Crippen LogP contribution in [-0.2, 0) is 21.1 Å². The molecule has 0 fully saturated rings. The highest BCUT2D eigenvalue weighted by Crippen LogP contribution is 2.33. The van der Waals surface area contributed by atoms with E-state index in [4.69, 9.17) is 4.98 Å². The number of hydrogen-bond acceptors (Lipinski definition) is 7. The summed E-state index contributed by atoms with van der Waals surface area (Å²) in [6.45, 7) is 2.04. The number of halogens is 1. The molecule has 4 heterocycles. The van der Waals surface area contributed by atoms with Crippen molar-refractivity contribution in [3.63, 3.8) is 0 Å². The second kappa shape index (κ2) is 12.0. The minimum atomic E-state index is -3.19. The van der Waals surface area contributed by atoms with Gasteiger partial charge in [0, 0.05) is 41.8 Å². The molecule has 0 bridgehead atoms. The van der Waals surface area contributed by atoms with Gasteiger partial charge < -0.3 is 10.3 Å². The summed E-state index contributed by atoms with van der Waals surface area (Å²) in [5, 5.41) is 11.0. The summed E-state index contributed by atoms with van der Waals surface area (Å²) < 4.78 is 38.0. The van der Waals surface area contributed by atoms with Crippen molar-refractivity contribution < 1.29 is 17.6 Å². The zero-order chi connectivity index (χ0) is 30.8. The highest BCUT2D eigenvalue weighted by atomic mass is 32.2. The Bertz CT molecular complexity index is 2120. The molecule has 0 aliphatic heterocycles. The molecule has 1 amide bonds. The van der Waals surface area contributed by atoms with Crippen molar-refractivity contribution in [1.29, 1.82) is 0 Å². The number of nitrogens with zero attached hydrogens (tertiary/aromatic N) is 4. The second-order valence-electron chi connectivity index (χ2n) is 10.8. The zero-order valence-electron chi connectivity index (χ0n) is 24.2. The summed E-state index contributed by atoms with van der Waals surface area (Å²) in [5.41, 5.74) is 6.57. The van der Waals surface area contributed by atoms with Crippen molar-refractivity contribution in [2.75, 3.05) is 17.3 Å². The van der Waals surface area contributed by atoms with E-state index in [9.17, 15) is 17.6 Å². The summed E-state index contributed by atoms with van der Waals surface area (Å²) in [4.78, 5) is 29.3. The number of para-hydroxylation sites is 1. The number of aromatic amines is 2. The molecule has 12 heteroatoms. The molecule has 2 aromatic carbocycles. The van der Waals surface area contributed by atoms with Crippen molar-refractivity contribution in [1.82, 2.24) is 30.1 Å². The third kappa shape index (κ3) is 6.35. The number of H-pyrrole nitrogens is 2. The van der Waals surface area contributed by atoms with E-state index in [2.05, 4.69) is 30.5 Å². The van der Waals surface area contributed by atoms with E-state index in [1.54, 1.807) is 24.7 Å². The molecule has 0 aliphatic rings. The van der Waals surface area contributed by atoms with Crippen molar-refractivity contribution in [2.24, 2.45) is 0 Å². The monoisotopic (exact) mass is 611 g/mol. The van der Waals surface area contributed by atoms with Crippen molar-refractivity contribution in [3.8, 4) is 33.8 Å². The van der Waals surface area contributed by atoms with E-state index in [0.717, 1.165) is 34.9 Å². The number of carbonyl (C=O) groups is 1. The van der Waals surface area contributed by atoms with Gasteiger partial charge in [0.25, 0.3) is 0 Å². The number of amides is 1. The van der Waals surface area contributed by atoms with Gasteiger partial charge in [-0.15, -0.1) is 0 Å². The Kier molecular flexibility index (Phi) is 7.92. The Morgan fingerprint density at radius 1 is 1.02 bits per heavy atom. The lowest BCUT2D eigenvalue weighted by Gasteiger charge is -2.07. The smallest absolute Gasteiger partial charge is 0.224 e. The molecule has 44 heavy (non-hydrogen) atoms. The molecule has 0 atom stereocenters. The Labute approximate surface area is 253 Å². The van der Waals surface area contributed by atoms with Crippen molar-refractivity contribution >= 4 is 43.5 Å². The topological polar surface area (TPSA) is 146 Å². The fourth-order valence-electron chi connectivity index (χ4n) is 5.10. The zero-order valence-corrected chi connectivity index (χ0v) is 25.0. The molecule has 3 N–H and O–H groups in total. The van der Waals surface area contributed by atoms with Gasteiger partial charge in [0.05, 0.1) is 34.1 Å². The van der Waals surface area contributed by atoms with Gasteiger partial charge in [-0.3, -0.25) is 14.9 Å². The van der Waals surface area contributed by atoms with E-state index in [-0.39, 0.29) is 18.1 Å². The standard InChI is InChI=1S/C32H30FN7O3S/c1-3-4-8-28(41)36-24-14-21(16-34-18-24)22-15-26-30(39-40-31(26)35-17-22)32-37-27-7-5-6-25(29(27)38-32)20-11-19(12-23(33)13-20)9-10-44(2,42)43/h5-7,11-18H,3-4,8-10H2,1-2H3,(H,36,41)(H,37,38)(H,35,39,40). The van der Waals surface area contributed by atoms with Crippen LogP contribution in [-0.4, -0.2) is 56.5 Å². The summed E-state index contributed by atoms with van der Waals surface area (Å²) in [6, 6.07) is 14.0. The van der Waals surface area contributed by atoms with Crippen LogP contribution >= 0.6 is 0 Å². The average molecular weight is 612 g/mol. The fraction of sp³-hybridized carbons (Fsp3) is 0.219. The molecule has 0 aliphatic carbocycles. The largest absolute Gasteiger partial charge is 0.337 e. The third-order valence-corrected chi connectivity index (χ3v) is 8.25. The lowest BCUT2D eigenvalue weighted by atomic mass is 10.0. The first-order chi connectivity index (χ1) is 21.2. The average Bonchev–Trinajstić information content (AvgIpc) is 3.62. The van der Waals surface area contributed by atoms with Crippen molar-refractivity contribution in [2.45, 2.75) is 32.6 Å². The van der Waals surface area contributed by atoms with Crippen LogP contribution in [0.5, 0.6) is 0 Å². The lowest BCUT2D eigenvalue weighted by molar-refractivity contribution is -0.116. The molecule has 4 aromatic heterocycles. The first-order valence-corrected chi connectivity index (χ1v) is 16.3. The minimum absolute atomic E-state index is 0.0517. The molecule has 0 radical (unpaired) electrons. The number of sulfone groups is 1. The van der Waals surface area contributed by atoms with Gasteiger partial charge >= 0.3 is 0 Å². The molecule has 0 saturated heterocycles. The van der Waals surface area contributed by atoms with Crippen LogP contribution in [0.4, 0.5) is 10.1 Å². The third-order valence-electron chi connectivity index (χ3n) is 7.30. The maximum atomic E-state index is 14.6. The van der Waals surface area contributed by atoms with E-state index >= 15 is 0 Å². The van der Waals surface area contributed by atoms with Crippen LogP contribution in [0.15, 0.2) is 67.1 Å². The van der Waals surface area contributed by atoms with Crippen LogP contribution in [0, 0.1) is 5.82 Å². The molecule has 6 rings (SSSR count). The van der Waals surface area contributed by atoms with Gasteiger partial charge in [0.1, 0.15) is 21.3 Å². The van der Waals surface area contributed by atoms with E-state index in [1.807, 2.05) is 37.3 Å². The molecule has 0 unspecified atom stereocenters. The van der Waals surface area contributed by atoms with Crippen LogP contribution in [0.3, 0.4) is 0 Å². The number of rotatable bonds is 10. The number of fused-ring (bicyclic) bond motifs is 2. The summed E-state index contributed by atoms with van der Waals surface area (Å²) in [6.07, 6.45) is 8.62. The van der Waals surface area contributed by atoms with Gasteiger partial charge in [-0.25, -0.2) is 22.8 Å². The Morgan fingerprint density at radius 3 is 2.68 bits per heavy atom. The van der Waals surface area contributed by atoms with Crippen LogP contribution in [0.1, 0.15) is 31.7 Å². The van der Waals surface area contributed by atoms with Gasteiger partial charge in [0.15, 0.2) is 11.5 Å². The highest BCUT2D eigenvalue weighted by molar-refractivity contribution is 7.90. The second-order valence-corrected chi connectivity index (χ2v) is 13.1. The van der Waals surface area contributed by atoms with E-state index in [0.29, 0.717) is 51.5 Å². The Balaban J connectivity index is 1.35. The quantitative estimate of drug-likeness (QED) is 0.170. The van der Waals surface area contributed by atoms with Gasteiger partial charge in [-0.2, -0.15) is 5.10 Å². The molecule has 224 valence electrons. The fourth-order valence-corrected chi connectivity index (χ4v) is 5.71. The number of hydrogen-bond donors (Lipinski definition) is 3. The van der Waals surface area contributed by atoms with Crippen LogP contribution < -0.4 is 5.32 Å². The molecule has 0 saturated carbocycles. The number of anilines is 1. The molecule has 0 spiro atoms. The number of benzene rings is 2. The first-order valence-electron chi connectivity index (χ1n) is 14.2. The Hall–Kier alpha value is -4.97. The van der Waals surface area contributed by atoms with Crippen LogP contribution in [0.25, 0.3) is 55.8 Å². The first kappa shape index (κ1) is 29.1. The summed E-state index contributed by atoms with van der Waals surface area (Å²) in [7, 11) is -3.19. The molecular weight excluding hydrogens is 581 g/mol. The van der Waals surface area contributed by atoms with Crippen molar-refractivity contribution in [3.05, 3.63) is 78.5 Å². The number of pyridine rings is 2. The van der Waals surface area contributed by atoms with E-state index in [1.165, 1.54) is 18.4 Å². The SMILES string of the molecule is CCCCC(=O)Nc1cncc(-c2cnc3n[nH]c(-c4nc5c(-c6cc(F)cc(CCS(C)(=O)=O)c6)cccc5[nH]4)c3c2)c1.